The van der Waals surface area contributed by atoms with Crippen molar-refractivity contribution in [3.05, 3.63) is 18.0 Å². The number of nitrogens with zero attached hydrogens (tertiary/aromatic N) is 6. The van der Waals surface area contributed by atoms with Crippen LogP contribution < -0.4 is 5.32 Å². The lowest BCUT2D eigenvalue weighted by atomic mass is 10.1. The topological polar surface area (TPSA) is 61.2 Å². The monoisotopic (exact) mass is 533 g/mol. The zero-order valence-corrected chi connectivity index (χ0v) is 21.3. The van der Waals surface area contributed by atoms with Crippen molar-refractivity contribution in [2.45, 2.75) is 32.8 Å². The van der Waals surface area contributed by atoms with Crippen molar-refractivity contribution in [1.29, 1.82) is 0 Å². The van der Waals surface area contributed by atoms with Gasteiger partial charge in [-0.3, -0.25) is 9.67 Å². The fourth-order valence-electron chi connectivity index (χ4n) is 4.04. The predicted molar refractivity (Wildman–Crippen MR) is 133 cm³/mol. The summed E-state index contributed by atoms with van der Waals surface area (Å²) in [6.45, 7) is 15.8. The van der Waals surface area contributed by atoms with Crippen LogP contribution in [0.4, 0.5) is 0 Å². The van der Waals surface area contributed by atoms with Crippen LogP contribution in [-0.4, -0.2) is 102 Å². The molecule has 1 aromatic heterocycles. The Bertz CT molecular complexity index is 631. The van der Waals surface area contributed by atoms with Crippen LogP contribution >= 0.6 is 24.0 Å². The van der Waals surface area contributed by atoms with Crippen LogP contribution in [0.2, 0.25) is 0 Å². The van der Waals surface area contributed by atoms with E-state index in [9.17, 15) is 0 Å². The van der Waals surface area contributed by atoms with Crippen LogP contribution in [0.15, 0.2) is 17.4 Å². The molecule has 1 aromatic rings. The predicted octanol–water partition coefficient (Wildman–Crippen LogP) is 1.79. The molecule has 1 unspecified atom stereocenters. The van der Waals surface area contributed by atoms with Gasteiger partial charge in [0.05, 0.1) is 19.3 Å². The van der Waals surface area contributed by atoms with Gasteiger partial charge in [0.1, 0.15) is 6.10 Å². The first-order chi connectivity index (χ1) is 14.2. The molecule has 0 spiro atoms. The summed E-state index contributed by atoms with van der Waals surface area (Å²) in [5, 5.41) is 7.75. The molecular formula is C21H40IN7O. The number of halogens is 1. The van der Waals surface area contributed by atoms with E-state index in [-0.39, 0.29) is 30.1 Å². The van der Waals surface area contributed by atoms with E-state index in [0.717, 1.165) is 44.1 Å². The van der Waals surface area contributed by atoms with Crippen LogP contribution in [0.5, 0.6) is 0 Å². The van der Waals surface area contributed by atoms with Gasteiger partial charge in [0, 0.05) is 64.6 Å². The summed E-state index contributed by atoms with van der Waals surface area (Å²) >= 11 is 0. The maximum Gasteiger partial charge on any atom is 0.194 e. The fraction of sp³-hybridized carbons (Fsp3) is 0.810. The first kappa shape index (κ1) is 25.4. The summed E-state index contributed by atoms with van der Waals surface area (Å²) in [4.78, 5) is 12.4. The quantitative estimate of drug-likeness (QED) is 0.238. The number of morpholine rings is 1. The second kappa shape index (κ2) is 13.5. The van der Waals surface area contributed by atoms with E-state index in [4.69, 9.17) is 9.73 Å². The lowest BCUT2D eigenvalue weighted by Gasteiger charge is -2.35. The van der Waals surface area contributed by atoms with Gasteiger partial charge in [-0.15, -0.1) is 24.0 Å². The summed E-state index contributed by atoms with van der Waals surface area (Å²) in [5.74, 6) is 1.02. The Morgan fingerprint density at radius 3 is 2.60 bits per heavy atom. The summed E-state index contributed by atoms with van der Waals surface area (Å²) in [6, 6.07) is 0. The number of piperazine rings is 1. The Balaban J connectivity index is 0.00000320. The maximum absolute atomic E-state index is 5.97. The summed E-state index contributed by atoms with van der Waals surface area (Å²) < 4.78 is 7.81. The average molecular weight is 534 g/mol. The number of nitrogens with one attached hydrogen (secondary N) is 1. The van der Waals surface area contributed by atoms with E-state index < -0.39 is 0 Å². The van der Waals surface area contributed by atoms with Crippen molar-refractivity contribution in [1.82, 2.24) is 29.8 Å². The highest BCUT2D eigenvalue weighted by atomic mass is 127. The smallest absolute Gasteiger partial charge is 0.194 e. The largest absolute Gasteiger partial charge is 0.370 e. The molecule has 30 heavy (non-hydrogen) atoms. The zero-order valence-electron chi connectivity index (χ0n) is 18.9. The molecule has 2 saturated heterocycles. The van der Waals surface area contributed by atoms with Crippen LogP contribution in [0.1, 0.15) is 38.4 Å². The molecule has 2 fully saturated rings. The van der Waals surface area contributed by atoms with Crippen molar-refractivity contribution < 1.29 is 4.74 Å². The Morgan fingerprint density at radius 1 is 1.17 bits per heavy atom. The Morgan fingerprint density at radius 2 is 1.93 bits per heavy atom. The summed E-state index contributed by atoms with van der Waals surface area (Å²) in [6.07, 6.45) is 6.36. The molecule has 0 radical (unpaired) electrons. The minimum Gasteiger partial charge on any atom is -0.370 e. The van der Waals surface area contributed by atoms with Crippen molar-refractivity contribution >= 4 is 29.9 Å². The van der Waals surface area contributed by atoms with E-state index in [1.165, 1.54) is 45.7 Å². The van der Waals surface area contributed by atoms with Gasteiger partial charge in [0.25, 0.3) is 0 Å². The number of guanidine groups is 1. The minimum atomic E-state index is 0. The first-order valence-electron chi connectivity index (χ1n) is 11.3. The highest BCUT2D eigenvalue weighted by Gasteiger charge is 2.25. The Hall–Kier alpha value is -0.910. The molecule has 1 N–H and O–H groups in total. The van der Waals surface area contributed by atoms with Gasteiger partial charge in [0.15, 0.2) is 5.96 Å². The Labute approximate surface area is 199 Å². The van der Waals surface area contributed by atoms with Crippen molar-refractivity contribution in [3.63, 3.8) is 0 Å². The normalized spacial score (nSPS) is 21.5. The number of hydrogen-bond donors (Lipinski definition) is 1. The molecule has 9 heteroatoms. The van der Waals surface area contributed by atoms with E-state index in [2.05, 4.69) is 39.0 Å². The number of rotatable bonds is 8. The van der Waals surface area contributed by atoms with E-state index in [0.29, 0.717) is 6.61 Å². The van der Waals surface area contributed by atoms with E-state index >= 15 is 0 Å². The van der Waals surface area contributed by atoms with Gasteiger partial charge in [-0.05, 0) is 32.9 Å². The van der Waals surface area contributed by atoms with Gasteiger partial charge < -0.3 is 24.8 Å². The number of hydrogen-bond acceptors (Lipinski definition) is 5. The van der Waals surface area contributed by atoms with Crippen LogP contribution in [-0.2, 0) is 11.8 Å². The second-order valence-electron chi connectivity index (χ2n) is 7.97. The minimum absolute atomic E-state index is 0. The molecule has 172 valence electrons. The number of likely N-dealkylation sites (N-methyl/N-ethyl adjacent to an activating group) is 1. The van der Waals surface area contributed by atoms with Crippen LogP contribution in [0, 0.1) is 0 Å². The fourth-order valence-corrected chi connectivity index (χ4v) is 4.04. The molecule has 0 amide bonds. The SMILES string of the molecule is CCNC(=NCCCCN1CCN(CC)CC1)N1CCOC(c2cnn(C)c2)C1.I. The molecule has 0 aromatic carbocycles. The van der Waals surface area contributed by atoms with E-state index in [1.54, 1.807) is 0 Å². The van der Waals surface area contributed by atoms with Gasteiger partial charge >= 0.3 is 0 Å². The van der Waals surface area contributed by atoms with E-state index in [1.807, 2.05) is 24.1 Å². The average Bonchev–Trinajstić information content (AvgIpc) is 3.19. The lowest BCUT2D eigenvalue weighted by Crippen LogP contribution is -2.48. The third-order valence-electron chi connectivity index (χ3n) is 5.85. The molecule has 2 aliphatic heterocycles. The molecule has 3 heterocycles. The molecule has 3 rings (SSSR count). The highest BCUT2D eigenvalue weighted by molar-refractivity contribution is 14.0. The first-order valence-corrected chi connectivity index (χ1v) is 11.3. The molecular weight excluding hydrogens is 493 g/mol. The summed E-state index contributed by atoms with van der Waals surface area (Å²) in [5.41, 5.74) is 1.14. The molecule has 0 aliphatic carbocycles. The number of unbranched alkanes of at least 4 members (excludes halogenated alkanes) is 1. The number of aromatic nitrogens is 2. The third kappa shape index (κ3) is 7.65. The third-order valence-corrected chi connectivity index (χ3v) is 5.85. The standard InChI is InChI=1S/C21H39N7O.HI/c1-4-22-21(23-8-6-7-9-27-12-10-26(5-2)11-13-27)28-14-15-29-20(18-28)19-16-24-25(3)17-19;/h16-17,20H,4-15,18H2,1-3H3,(H,22,23);1H. The van der Waals surface area contributed by atoms with Gasteiger partial charge in [0.2, 0.25) is 0 Å². The lowest BCUT2D eigenvalue weighted by molar-refractivity contribution is -0.00804. The second-order valence-corrected chi connectivity index (χ2v) is 7.97. The number of aliphatic imine (C=N–C) groups is 1. The zero-order chi connectivity index (χ0) is 20.5. The molecule has 0 bridgehead atoms. The summed E-state index contributed by atoms with van der Waals surface area (Å²) in [7, 11) is 1.94. The molecule has 8 nitrogen and oxygen atoms in total. The van der Waals surface area contributed by atoms with Gasteiger partial charge in [-0.25, -0.2) is 0 Å². The molecule has 2 aliphatic rings. The van der Waals surface area contributed by atoms with Crippen molar-refractivity contribution in [3.8, 4) is 0 Å². The highest BCUT2D eigenvalue weighted by Crippen LogP contribution is 2.21. The maximum atomic E-state index is 5.97. The Kier molecular flexibility index (Phi) is 11.4. The van der Waals surface area contributed by atoms with Crippen molar-refractivity contribution in [2.75, 3.05) is 72.1 Å². The van der Waals surface area contributed by atoms with Gasteiger partial charge in [-0.2, -0.15) is 5.10 Å². The van der Waals surface area contributed by atoms with Crippen LogP contribution in [0.25, 0.3) is 0 Å². The number of aryl methyl sites for hydroxylation is 1. The molecule has 1 atom stereocenters. The van der Waals surface area contributed by atoms with Gasteiger partial charge in [-0.1, -0.05) is 6.92 Å². The van der Waals surface area contributed by atoms with Crippen LogP contribution in [0.3, 0.4) is 0 Å². The number of ether oxygens (including phenoxy) is 1. The van der Waals surface area contributed by atoms with Crippen molar-refractivity contribution in [2.24, 2.45) is 12.0 Å². The molecule has 0 saturated carbocycles.